The Bertz CT molecular complexity index is 585. The fraction of sp³-hybridized carbons (Fsp3) is 0.250. The Morgan fingerprint density at radius 1 is 1.30 bits per heavy atom. The molecule has 20 heavy (non-hydrogen) atoms. The summed E-state index contributed by atoms with van der Waals surface area (Å²) in [5, 5.41) is 12.0. The zero-order chi connectivity index (χ0) is 14.4. The van der Waals surface area contributed by atoms with E-state index in [0.29, 0.717) is 12.2 Å². The first-order valence-electron chi connectivity index (χ1n) is 6.48. The molecule has 4 nitrogen and oxygen atoms in total. The van der Waals surface area contributed by atoms with E-state index in [-0.39, 0.29) is 11.9 Å². The summed E-state index contributed by atoms with van der Waals surface area (Å²) in [7, 11) is 0. The lowest BCUT2D eigenvalue weighted by Crippen LogP contribution is -2.33. The summed E-state index contributed by atoms with van der Waals surface area (Å²) in [6, 6.07) is 14.9. The van der Waals surface area contributed by atoms with Gasteiger partial charge in [-0.15, -0.1) is 0 Å². The Kier molecular flexibility index (Phi) is 4.56. The van der Waals surface area contributed by atoms with Crippen molar-refractivity contribution in [3.8, 4) is 6.07 Å². The second kappa shape index (κ2) is 6.58. The number of carbonyl (C=O) groups is 1. The van der Waals surface area contributed by atoms with Gasteiger partial charge in [0.2, 0.25) is 5.91 Å². The van der Waals surface area contributed by atoms with Crippen LogP contribution in [0.5, 0.6) is 0 Å². The van der Waals surface area contributed by atoms with E-state index in [2.05, 4.69) is 11.4 Å². The number of amides is 1. The molecule has 1 aromatic carbocycles. The van der Waals surface area contributed by atoms with E-state index in [1.165, 1.54) is 0 Å². The summed E-state index contributed by atoms with van der Waals surface area (Å²) >= 11 is 0. The average molecular weight is 268 g/mol. The molecule has 102 valence electrons. The van der Waals surface area contributed by atoms with Gasteiger partial charge in [-0.25, -0.2) is 0 Å². The van der Waals surface area contributed by atoms with Crippen LogP contribution >= 0.6 is 0 Å². The van der Waals surface area contributed by atoms with Crippen molar-refractivity contribution in [2.75, 3.05) is 0 Å². The van der Waals surface area contributed by atoms with Crippen LogP contribution in [0.1, 0.15) is 24.3 Å². The molecule has 0 aliphatic heterocycles. The third kappa shape index (κ3) is 3.48. The van der Waals surface area contributed by atoms with E-state index in [9.17, 15) is 4.79 Å². The topological polar surface area (TPSA) is 66.0 Å². The number of hydrogen-bond acceptors (Lipinski definition) is 3. The minimum absolute atomic E-state index is 0.246. The molecule has 1 amide bonds. The van der Waals surface area contributed by atoms with Gasteiger partial charge in [0.15, 0.2) is 0 Å². The van der Waals surface area contributed by atoms with Gasteiger partial charge in [0.25, 0.3) is 0 Å². The normalized spacial score (nSPS) is 13.2. The van der Waals surface area contributed by atoms with Crippen LogP contribution < -0.4 is 5.32 Å². The van der Waals surface area contributed by atoms with Crippen LogP contribution in [-0.2, 0) is 11.2 Å². The van der Waals surface area contributed by atoms with E-state index in [1.54, 1.807) is 18.4 Å². The Hall–Kier alpha value is -2.54. The molecule has 1 heterocycles. The van der Waals surface area contributed by atoms with E-state index in [1.807, 2.05) is 37.3 Å². The molecule has 0 spiro atoms. The molecule has 2 aromatic rings. The van der Waals surface area contributed by atoms with Gasteiger partial charge in [0, 0.05) is 0 Å². The first-order valence-corrected chi connectivity index (χ1v) is 6.48. The molecule has 2 atom stereocenters. The maximum absolute atomic E-state index is 12.1. The van der Waals surface area contributed by atoms with Crippen molar-refractivity contribution in [2.24, 2.45) is 5.92 Å². The van der Waals surface area contributed by atoms with Crippen LogP contribution in [0.2, 0.25) is 0 Å². The van der Waals surface area contributed by atoms with Gasteiger partial charge in [0.05, 0.1) is 18.4 Å². The van der Waals surface area contributed by atoms with Crippen LogP contribution in [0.3, 0.4) is 0 Å². The Morgan fingerprint density at radius 3 is 2.65 bits per heavy atom. The highest BCUT2D eigenvalue weighted by molar-refractivity contribution is 5.81. The molecule has 0 saturated heterocycles. The van der Waals surface area contributed by atoms with E-state index in [0.717, 1.165) is 5.56 Å². The van der Waals surface area contributed by atoms with Crippen LogP contribution in [0.25, 0.3) is 0 Å². The van der Waals surface area contributed by atoms with E-state index < -0.39 is 5.92 Å². The van der Waals surface area contributed by atoms with E-state index >= 15 is 0 Å². The molecule has 2 rings (SSSR count). The molecule has 0 bridgehead atoms. The monoisotopic (exact) mass is 268 g/mol. The molecular formula is C16H16N2O2. The zero-order valence-electron chi connectivity index (χ0n) is 11.2. The number of nitrogens with zero attached hydrogens (tertiary/aromatic N) is 1. The number of nitriles is 1. The van der Waals surface area contributed by atoms with Crippen molar-refractivity contribution < 1.29 is 9.21 Å². The summed E-state index contributed by atoms with van der Waals surface area (Å²) in [5.41, 5.74) is 0.972. The first-order chi connectivity index (χ1) is 9.70. The van der Waals surface area contributed by atoms with Gasteiger partial charge in [-0.05, 0) is 31.0 Å². The van der Waals surface area contributed by atoms with Gasteiger partial charge in [-0.1, -0.05) is 30.3 Å². The Labute approximate surface area is 118 Å². The van der Waals surface area contributed by atoms with Crippen molar-refractivity contribution in [3.05, 3.63) is 60.1 Å². The van der Waals surface area contributed by atoms with Crippen molar-refractivity contribution in [3.63, 3.8) is 0 Å². The molecule has 0 saturated carbocycles. The molecule has 1 aromatic heterocycles. The fourth-order valence-electron chi connectivity index (χ4n) is 1.97. The fourth-order valence-corrected chi connectivity index (χ4v) is 1.97. The maximum atomic E-state index is 12.1. The maximum Gasteiger partial charge on any atom is 0.238 e. The van der Waals surface area contributed by atoms with Gasteiger partial charge < -0.3 is 9.73 Å². The predicted molar refractivity (Wildman–Crippen MR) is 74.5 cm³/mol. The Morgan fingerprint density at radius 2 is 2.05 bits per heavy atom. The molecule has 0 aliphatic carbocycles. The summed E-state index contributed by atoms with van der Waals surface area (Å²) < 4.78 is 5.23. The summed E-state index contributed by atoms with van der Waals surface area (Å²) in [6.45, 7) is 1.83. The quantitative estimate of drug-likeness (QED) is 0.906. The van der Waals surface area contributed by atoms with Crippen LogP contribution in [0.4, 0.5) is 0 Å². The molecule has 0 aliphatic rings. The number of nitrogens with one attached hydrogen (secondary N) is 1. The Balaban J connectivity index is 1.98. The second-order valence-corrected chi connectivity index (χ2v) is 4.62. The van der Waals surface area contributed by atoms with Gasteiger partial charge in [-0.2, -0.15) is 5.26 Å². The summed E-state index contributed by atoms with van der Waals surface area (Å²) in [6.07, 6.45) is 1.97. The number of rotatable bonds is 5. The third-order valence-electron chi connectivity index (χ3n) is 3.08. The van der Waals surface area contributed by atoms with Crippen molar-refractivity contribution >= 4 is 5.91 Å². The molecule has 1 N–H and O–H groups in total. The van der Waals surface area contributed by atoms with Gasteiger partial charge in [0.1, 0.15) is 11.7 Å². The SMILES string of the molecule is CC(NC(=O)C(C#N)Cc1ccccc1)c1ccco1. The average Bonchev–Trinajstić information content (AvgIpc) is 3.00. The minimum Gasteiger partial charge on any atom is -0.467 e. The zero-order valence-corrected chi connectivity index (χ0v) is 11.2. The van der Waals surface area contributed by atoms with Crippen molar-refractivity contribution in [2.45, 2.75) is 19.4 Å². The molecule has 0 fully saturated rings. The van der Waals surface area contributed by atoms with Crippen LogP contribution in [0.15, 0.2) is 53.1 Å². The summed E-state index contributed by atoms with van der Waals surface area (Å²) in [4.78, 5) is 12.1. The number of benzene rings is 1. The van der Waals surface area contributed by atoms with Crippen molar-refractivity contribution in [1.29, 1.82) is 5.26 Å². The number of furan rings is 1. The highest BCUT2D eigenvalue weighted by Gasteiger charge is 2.21. The molecule has 4 heteroatoms. The summed E-state index contributed by atoms with van der Waals surface area (Å²) in [5.74, 6) is -0.301. The standard InChI is InChI=1S/C16H16N2O2/c1-12(15-8-5-9-20-15)18-16(19)14(11-17)10-13-6-3-2-4-7-13/h2-9,12,14H,10H2,1H3,(H,18,19). The highest BCUT2D eigenvalue weighted by atomic mass is 16.3. The first kappa shape index (κ1) is 13.9. The number of carbonyl (C=O) groups excluding carboxylic acids is 1. The smallest absolute Gasteiger partial charge is 0.238 e. The predicted octanol–water partition coefficient (Wildman–Crippen LogP) is 2.84. The largest absolute Gasteiger partial charge is 0.467 e. The molecule has 2 unspecified atom stereocenters. The molecule has 0 radical (unpaired) electrons. The lowest BCUT2D eigenvalue weighted by molar-refractivity contribution is -0.124. The lowest BCUT2D eigenvalue weighted by atomic mass is 9.99. The number of hydrogen-bond donors (Lipinski definition) is 1. The molecular weight excluding hydrogens is 252 g/mol. The van der Waals surface area contributed by atoms with Crippen LogP contribution in [-0.4, -0.2) is 5.91 Å². The lowest BCUT2D eigenvalue weighted by Gasteiger charge is -2.14. The highest BCUT2D eigenvalue weighted by Crippen LogP contribution is 2.14. The van der Waals surface area contributed by atoms with E-state index in [4.69, 9.17) is 9.68 Å². The van der Waals surface area contributed by atoms with Crippen LogP contribution in [0, 0.1) is 17.2 Å². The van der Waals surface area contributed by atoms with Crippen molar-refractivity contribution in [1.82, 2.24) is 5.32 Å². The second-order valence-electron chi connectivity index (χ2n) is 4.62. The van der Waals surface area contributed by atoms with Gasteiger partial charge >= 0.3 is 0 Å². The third-order valence-corrected chi connectivity index (χ3v) is 3.08. The van der Waals surface area contributed by atoms with Gasteiger partial charge in [-0.3, -0.25) is 4.79 Å². The minimum atomic E-state index is -0.699.